The summed E-state index contributed by atoms with van der Waals surface area (Å²) < 4.78 is 4.54. The standard InChI is InChI=1S/C9H16O10/c10-1-3-4(12)5(13)9(18,7(16)19-3)8(17,2-11)6(14)15/h3-5,7,10-13,16-18H,1-2H2,(H,14,15)/t3-,4-,5+,7+,8?,9-/m1/s1. The third kappa shape index (κ3) is 2.11. The number of carboxylic acids is 1. The molecule has 1 aliphatic heterocycles. The summed E-state index contributed by atoms with van der Waals surface area (Å²) in [5.41, 5.74) is -6.67. The molecule has 1 aliphatic rings. The first-order valence-electron chi connectivity index (χ1n) is 5.26. The Morgan fingerprint density at radius 2 is 1.79 bits per heavy atom. The quantitative estimate of drug-likeness (QED) is 0.248. The topological polar surface area (TPSA) is 188 Å². The zero-order valence-electron chi connectivity index (χ0n) is 9.62. The van der Waals surface area contributed by atoms with Crippen LogP contribution in [0.25, 0.3) is 0 Å². The minimum absolute atomic E-state index is 0.837. The second-order valence-corrected chi connectivity index (χ2v) is 4.29. The first-order valence-corrected chi connectivity index (χ1v) is 5.26. The molecule has 8 N–H and O–H groups in total. The van der Waals surface area contributed by atoms with E-state index in [2.05, 4.69) is 4.74 Å². The molecule has 10 heteroatoms. The fourth-order valence-electron chi connectivity index (χ4n) is 1.93. The van der Waals surface area contributed by atoms with E-state index in [0.717, 1.165) is 0 Å². The van der Waals surface area contributed by atoms with Gasteiger partial charge in [-0.1, -0.05) is 0 Å². The Morgan fingerprint density at radius 1 is 1.26 bits per heavy atom. The molecule has 0 radical (unpaired) electrons. The summed E-state index contributed by atoms with van der Waals surface area (Å²) in [6, 6.07) is 0. The van der Waals surface area contributed by atoms with Crippen molar-refractivity contribution < 1.29 is 50.4 Å². The van der Waals surface area contributed by atoms with Crippen LogP contribution < -0.4 is 0 Å². The average molecular weight is 284 g/mol. The summed E-state index contributed by atoms with van der Waals surface area (Å²) in [5, 5.41) is 75.1. The van der Waals surface area contributed by atoms with Crippen LogP contribution in [0.2, 0.25) is 0 Å². The average Bonchev–Trinajstić information content (AvgIpc) is 2.38. The molecule has 1 fully saturated rings. The lowest BCUT2D eigenvalue weighted by Crippen LogP contribution is -2.78. The van der Waals surface area contributed by atoms with Crippen LogP contribution in [0.5, 0.6) is 0 Å². The van der Waals surface area contributed by atoms with Gasteiger partial charge in [-0.05, 0) is 0 Å². The van der Waals surface area contributed by atoms with Gasteiger partial charge in [-0.2, -0.15) is 0 Å². The number of ether oxygens (including phenoxy) is 1. The lowest BCUT2D eigenvalue weighted by Gasteiger charge is -2.50. The van der Waals surface area contributed by atoms with E-state index in [9.17, 15) is 30.3 Å². The predicted octanol–water partition coefficient (Wildman–Crippen LogP) is -5.04. The van der Waals surface area contributed by atoms with Crippen LogP contribution >= 0.6 is 0 Å². The zero-order valence-corrected chi connectivity index (χ0v) is 9.62. The first kappa shape index (κ1) is 16.2. The molecule has 0 saturated carbocycles. The second-order valence-electron chi connectivity index (χ2n) is 4.29. The molecule has 112 valence electrons. The number of carbonyl (C=O) groups is 1. The lowest BCUT2D eigenvalue weighted by atomic mass is 9.74. The van der Waals surface area contributed by atoms with E-state index in [4.69, 9.17) is 15.3 Å². The van der Waals surface area contributed by atoms with Crippen molar-refractivity contribution in [3.05, 3.63) is 0 Å². The number of hydrogen-bond donors (Lipinski definition) is 8. The molecule has 0 bridgehead atoms. The zero-order chi connectivity index (χ0) is 15.0. The van der Waals surface area contributed by atoms with E-state index < -0.39 is 55.0 Å². The second kappa shape index (κ2) is 5.26. The van der Waals surface area contributed by atoms with E-state index in [1.54, 1.807) is 0 Å². The molecular formula is C9H16O10. The monoisotopic (exact) mass is 284 g/mol. The Morgan fingerprint density at radius 3 is 2.16 bits per heavy atom. The highest BCUT2D eigenvalue weighted by Crippen LogP contribution is 2.37. The molecule has 0 aliphatic carbocycles. The maximum Gasteiger partial charge on any atom is 0.341 e. The Balaban J connectivity index is 3.25. The van der Waals surface area contributed by atoms with E-state index >= 15 is 0 Å². The normalized spacial score (nSPS) is 42.7. The molecule has 1 unspecified atom stereocenters. The van der Waals surface area contributed by atoms with Crippen molar-refractivity contribution in [1.82, 2.24) is 0 Å². The van der Waals surface area contributed by atoms with Crippen molar-refractivity contribution in [2.45, 2.75) is 35.8 Å². The van der Waals surface area contributed by atoms with Gasteiger partial charge in [-0.25, -0.2) is 4.79 Å². The van der Waals surface area contributed by atoms with Gasteiger partial charge < -0.3 is 45.6 Å². The van der Waals surface area contributed by atoms with Gasteiger partial charge in [-0.15, -0.1) is 0 Å². The van der Waals surface area contributed by atoms with Gasteiger partial charge in [-0.3, -0.25) is 0 Å². The van der Waals surface area contributed by atoms with Gasteiger partial charge in [0.25, 0.3) is 0 Å². The SMILES string of the molecule is O=C(O)C(O)(CO)[C@]1(O)[C@@H](O)O[C@H](CO)[C@@H](O)[C@@H]1O. The van der Waals surface area contributed by atoms with Crippen LogP contribution in [0, 0.1) is 0 Å². The van der Waals surface area contributed by atoms with Gasteiger partial charge in [0, 0.05) is 0 Å². The highest BCUT2D eigenvalue weighted by Gasteiger charge is 2.68. The van der Waals surface area contributed by atoms with Crippen molar-refractivity contribution in [1.29, 1.82) is 0 Å². The molecule has 6 atom stereocenters. The van der Waals surface area contributed by atoms with Gasteiger partial charge in [0.1, 0.15) is 18.3 Å². The molecule has 0 aromatic rings. The molecule has 1 rings (SSSR count). The minimum Gasteiger partial charge on any atom is -0.479 e. The summed E-state index contributed by atoms with van der Waals surface area (Å²) in [5.74, 6) is -2.14. The van der Waals surface area contributed by atoms with Crippen LogP contribution in [-0.4, -0.2) is 95.8 Å². The third-order valence-corrected chi connectivity index (χ3v) is 3.26. The predicted molar refractivity (Wildman–Crippen MR) is 54.6 cm³/mol. The number of hydrogen-bond acceptors (Lipinski definition) is 9. The lowest BCUT2D eigenvalue weighted by molar-refractivity contribution is -0.367. The number of aliphatic hydroxyl groups excluding tert-OH is 5. The summed E-state index contributed by atoms with van der Waals surface area (Å²) >= 11 is 0. The van der Waals surface area contributed by atoms with E-state index in [0.29, 0.717) is 0 Å². The fraction of sp³-hybridized carbons (Fsp3) is 0.889. The van der Waals surface area contributed by atoms with Crippen molar-refractivity contribution in [3.63, 3.8) is 0 Å². The number of aliphatic hydroxyl groups is 7. The van der Waals surface area contributed by atoms with Crippen LogP contribution in [0.1, 0.15) is 0 Å². The molecule has 19 heavy (non-hydrogen) atoms. The molecule has 0 amide bonds. The third-order valence-electron chi connectivity index (χ3n) is 3.26. The largest absolute Gasteiger partial charge is 0.479 e. The maximum absolute atomic E-state index is 10.9. The van der Waals surface area contributed by atoms with Gasteiger partial charge >= 0.3 is 5.97 Å². The van der Waals surface area contributed by atoms with Crippen molar-refractivity contribution >= 4 is 5.97 Å². The smallest absolute Gasteiger partial charge is 0.341 e. The van der Waals surface area contributed by atoms with Crippen LogP contribution in [0.3, 0.4) is 0 Å². The van der Waals surface area contributed by atoms with Gasteiger partial charge in [0.15, 0.2) is 11.9 Å². The van der Waals surface area contributed by atoms with E-state index in [-0.39, 0.29) is 0 Å². The molecule has 1 heterocycles. The Bertz CT molecular complexity index is 348. The maximum atomic E-state index is 10.9. The molecular weight excluding hydrogens is 268 g/mol. The van der Waals surface area contributed by atoms with E-state index in [1.807, 2.05) is 0 Å². The Kier molecular flexibility index (Phi) is 4.49. The number of carboxylic acid groups (broad SMARTS) is 1. The molecule has 1 saturated heterocycles. The molecule has 0 aromatic carbocycles. The van der Waals surface area contributed by atoms with Gasteiger partial charge in [0.2, 0.25) is 5.60 Å². The Hall–Kier alpha value is -0.850. The van der Waals surface area contributed by atoms with Crippen LogP contribution in [0.4, 0.5) is 0 Å². The summed E-state index contributed by atoms with van der Waals surface area (Å²) in [7, 11) is 0. The van der Waals surface area contributed by atoms with E-state index in [1.165, 1.54) is 0 Å². The minimum atomic E-state index is -3.38. The molecule has 0 aromatic heterocycles. The highest BCUT2D eigenvalue weighted by molar-refractivity contribution is 5.79. The summed E-state index contributed by atoms with van der Waals surface area (Å²) in [6.45, 7) is -2.40. The summed E-state index contributed by atoms with van der Waals surface area (Å²) in [4.78, 5) is 10.9. The fourth-order valence-corrected chi connectivity index (χ4v) is 1.93. The first-order chi connectivity index (χ1) is 8.66. The van der Waals surface area contributed by atoms with Crippen molar-refractivity contribution in [3.8, 4) is 0 Å². The number of aliphatic carboxylic acids is 1. The number of rotatable bonds is 4. The van der Waals surface area contributed by atoms with Gasteiger partial charge in [0.05, 0.1) is 13.2 Å². The Labute approximate surface area is 106 Å². The van der Waals surface area contributed by atoms with Crippen LogP contribution in [-0.2, 0) is 9.53 Å². The van der Waals surface area contributed by atoms with Crippen molar-refractivity contribution in [2.24, 2.45) is 0 Å². The molecule has 10 nitrogen and oxygen atoms in total. The van der Waals surface area contributed by atoms with Crippen molar-refractivity contribution in [2.75, 3.05) is 13.2 Å². The molecule has 0 spiro atoms. The highest BCUT2D eigenvalue weighted by atomic mass is 16.6. The summed E-state index contributed by atoms with van der Waals surface area (Å²) in [6.07, 6.45) is -8.34. The van der Waals surface area contributed by atoms with Crippen LogP contribution in [0.15, 0.2) is 0 Å².